The second kappa shape index (κ2) is 7.41. The first-order chi connectivity index (χ1) is 9.06. The minimum atomic E-state index is -0.407. The Labute approximate surface area is 113 Å². The number of hydrogen-bond acceptors (Lipinski definition) is 3. The Morgan fingerprint density at radius 2 is 2.26 bits per heavy atom. The summed E-state index contributed by atoms with van der Waals surface area (Å²) in [7, 11) is 0. The minimum Gasteiger partial charge on any atom is -0.409 e. The number of hydrogen-bond donors (Lipinski definition) is 3. The molecule has 0 saturated carbocycles. The van der Waals surface area contributed by atoms with Gasteiger partial charge in [-0.25, -0.2) is 0 Å². The maximum Gasteiger partial charge on any atom is 0.220 e. The van der Waals surface area contributed by atoms with E-state index in [0.29, 0.717) is 19.3 Å². The number of rotatable bonds is 6. The highest BCUT2D eigenvalue weighted by Gasteiger charge is 2.14. The zero-order valence-electron chi connectivity index (χ0n) is 11.4. The number of aryl methyl sites for hydroxylation is 2. The molecule has 1 aromatic carbocycles. The molecule has 1 rings (SSSR count). The van der Waals surface area contributed by atoms with Gasteiger partial charge in [0.05, 0.1) is 6.04 Å². The molecule has 4 N–H and O–H groups in total. The van der Waals surface area contributed by atoms with Gasteiger partial charge >= 0.3 is 0 Å². The number of oxime groups is 1. The number of amidine groups is 1. The van der Waals surface area contributed by atoms with Gasteiger partial charge in [0.15, 0.2) is 5.84 Å². The summed E-state index contributed by atoms with van der Waals surface area (Å²) in [4.78, 5) is 11.8. The van der Waals surface area contributed by atoms with Crippen molar-refractivity contribution in [1.29, 1.82) is 0 Å². The molecule has 0 radical (unpaired) electrons. The molecule has 104 valence electrons. The average Bonchev–Trinajstić information content (AvgIpc) is 2.41. The second-order valence-corrected chi connectivity index (χ2v) is 4.54. The molecule has 0 aromatic heterocycles. The number of nitrogens with one attached hydrogen (secondary N) is 1. The lowest BCUT2D eigenvalue weighted by Crippen LogP contribution is -2.44. The van der Waals surface area contributed by atoms with Gasteiger partial charge in [-0.3, -0.25) is 4.79 Å². The van der Waals surface area contributed by atoms with Crippen LogP contribution in [0.3, 0.4) is 0 Å². The predicted molar refractivity (Wildman–Crippen MR) is 75.1 cm³/mol. The summed E-state index contributed by atoms with van der Waals surface area (Å²) in [6, 6.07) is 7.66. The Morgan fingerprint density at radius 3 is 2.84 bits per heavy atom. The van der Waals surface area contributed by atoms with E-state index < -0.39 is 6.04 Å². The quantitative estimate of drug-likeness (QED) is 0.315. The molecule has 5 nitrogen and oxygen atoms in total. The molecule has 0 bridgehead atoms. The molecule has 0 aliphatic rings. The Balaban J connectivity index is 2.47. The molecule has 1 aromatic rings. The Bertz CT molecular complexity index is 458. The average molecular weight is 263 g/mol. The van der Waals surface area contributed by atoms with Crippen molar-refractivity contribution in [2.45, 2.75) is 39.2 Å². The van der Waals surface area contributed by atoms with Gasteiger partial charge in [0, 0.05) is 6.42 Å². The lowest BCUT2D eigenvalue weighted by atomic mass is 10.1. The highest BCUT2D eigenvalue weighted by atomic mass is 16.4. The number of nitrogens with two attached hydrogens (primary N) is 1. The van der Waals surface area contributed by atoms with Gasteiger partial charge in [-0.05, 0) is 25.3 Å². The van der Waals surface area contributed by atoms with Crippen molar-refractivity contribution in [2.75, 3.05) is 0 Å². The van der Waals surface area contributed by atoms with Gasteiger partial charge < -0.3 is 16.3 Å². The molecule has 0 aliphatic carbocycles. The number of nitrogens with zero attached hydrogens (tertiary/aromatic N) is 1. The number of benzene rings is 1. The number of amides is 1. The van der Waals surface area contributed by atoms with Gasteiger partial charge in [0.25, 0.3) is 0 Å². The van der Waals surface area contributed by atoms with Gasteiger partial charge in [0.1, 0.15) is 0 Å². The van der Waals surface area contributed by atoms with Gasteiger partial charge in [-0.2, -0.15) is 0 Å². The third kappa shape index (κ3) is 4.99. The monoisotopic (exact) mass is 263 g/mol. The maximum absolute atomic E-state index is 11.8. The molecule has 19 heavy (non-hydrogen) atoms. The van der Waals surface area contributed by atoms with E-state index in [1.807, 2.05) is 32.0 Å². The van der Waals surface area contributed by atoms with E-state index in [1.54, 1.807) is 0 Å². The molecule has 1 amide bonds. The smallest absolute Gasteiger partial charge is 0.220 e. The summed E-state index contributed by atoms with van der Waals surface area (Å²) in [6.45, 7) is 3.89. The fourth-order valence-corrected chi connectivity index (χ4v) is 1.85. The van der Waals surface area contributed by atoms with Crippen molar-refractivity contribution in [1.82, 2.24) is 5.32 Å². The largest absolute Gasteiger partial charge is 0.409 e. The topological polar surface area (TPSA) is 87.7 Å². The normalized spacial score (nSPS) is 13.1. The molecular weight excluding hydrogens is 242 g/mol. The van der Waals surface area contributed by atoms with Crippen LogP contribution in [0.25, 0.3) is 0 Å². The summed E-state index contributed by atoms with van der Waals surface area (Å²) >= 11 is 0. The van der Waals surface area contributed by atoms with Gasteiger partial charge in [-0.15, -0.1) is 0 Å². The SMILES string of the molecule is CCC(NC(=O)CCc1cccc(C)c1)C(N)=NO. The molecule has 0 fully saturated rings. The Morgan fingerprint density at radius 1 is 1.53 bits per heavy atom. The van der Waals surface area contributed by atoms with Crippen molar-refractivity contribution in [3.05, 3.63) is 35.4 Å². The summed E-state index contributed by atoms with van der Waals surface area (Å²) < 4.78 is 0. The number of carbonyl (C=O) groups is 1. The van der Waals surface area contributed by atoms with Gasteiger partial charge in [0.2, 0.25) is 5.91 Å². The lowest BCUT2D eigenvalue weighted by molar-refractivity contribution is -0.121. The van der Waals surface area contributed by atoms with Crippen LogP contribution in [-0.4, -0.2) is 23.0 Å². The third-order valence-electron chi connectivity index (χ3n) is 2.94. The van der Waals surface area contributed by atoms with Crippen LogP contribution < -0.4 is 11.1 Å². The van der Waals surface area contributed by atoms with Crippen molar-refractivity contribution < 1.29 is 10.0 Å². The van der Waals surface area contributed by atoms with E-state index in [4.69, 9.17) is 10.9 Å². The van der Waals surface area contributed by atoms with Crippen molar-refractivity contribution in [3.8, 4) is 0 Å². The van der Waals surface area contributed by atoms with E-state index in [2.05, 4.69) is 16.5 Å². The van der Waals surface area contributed by atoms with E-state index in [-0.39, 0.29) is 11.7 Å². The zero-order valence-corrected chi connectivity index (χ0v) is 11.4. The van der Waals surface area contributed by atoms with Crippen LogP contribution >= 0.6 is 0 Å². The first-order valence-electron chi connectivity index (χ1n) is 6.39. The van der Waals surface area contributed by atoms with E-state index in [1.165, 1.54) is 5.56 Å². The zero-order chi connectivity index (χ0) is 14.3. The molecule has 0 spiro atoms. The molecule has 1 unspecified atom stereocenters. The summed E-state index contributed by atoms with van der Waals surface area (Å²) in [5, 5.41) is 14.3. The molecule has 1 atom stereocenters. The van der Waals surface area contributed by atoms with E-state index >= 15 is 0 Å². The minimum absolute atomic E-state index is 0.0337. The predicted octanol–water partition coefficient (Wildman–Crippen LogP) is 1.57. The highest BCUT2D eigenvalue weighted by Crippen LogP contribution is 2.06. The van der Waals surface area contributed by atoms with Crippen LogP contribution in [0.2, 0.25) is 0 Å². The number of carbonyl (C=O) groups excluding carboxylic acids is 1. The van der Waals surface area contributed by atoms with Crippen LogP contribution in [0.4, 0.5) is 0 Å². The van der Waals surface area contributed by atoms with Crippen molar-refractivity contribution in [2.24, 2.45) is 10.9 Å². The van der Waals surface area contributed by atoms with Crippen molar-refractivity contribution >= 4 is 11.7 Å². The lowest BCUT2D eigenvalue weighted by Gasteiger charge is -2.15. The van der Waals surface area contributed by atoms with Crippen LogP contribution in [0.15, 0.2) is 29.4 Å². The fraction of sp³-hybridized carbons (Fsp3) is 0.429. The molecule has 0 heterocycles. The molecular formula is C14H21N3O2. The standard InChI is InChI=1S/C14H21N3O2/c1-3-12(14(15)17-19)16-13(18)8-7-11-6-4-5-10(2)9-11/h4-6,9,12,19H,3,7-8H2,1-2H3,(H2,15,17)(H,16,18). The highest BCUT2D eigenvalue weighted by molar-refractivity contribution is 5.89. The summed E-state index contributed by atoms with van der Waals surface area (Å²) in [5.41, 5.74) is 7.80. The van der Waals surface area contributed by atoms with Crippen molar-refractivity contribution in [3.63, 3.8) is 0 Å². The third-order valence-corrected chi connectivity index (χ3v) is 2.94. The van der Waals surface area contributed by atoms with Crippen LogP contribution in [0, 0.1) is 6.92 Å². The van der Waals surface area contributed by atoms with Crippen LogP contribution in [0.5, 0.6) is 0 Å². The second-order valence-electron chi connectivity index (χ2n) is 4.54. The molecule has 0 saturated heterocycles. The fourth-order valence-electron chi connectivity index (χ4n) is 1.85. The maximum atomic E-state index is 11.8. The van der Waals surface area contributed by atoms with Gasteiger partial charge in [-0.1, -0.05) is 41.9 Å². The summed E-state index contributed by atoms with van der Waals surface area (Å²) in [6.07, 6.45) is 1.66. The molecule has 0 aliphatic heterocycles. The first-order valence-corrected chi connectivity index (χ1v) is 6.39. The van der Waals surface area contributed by atoms with Crippen LogP contribution in [-0.2, 0) is 11.2 Å². The molecule has 5 heteroatoms. The van der Waals surface area contributed by atoms with E-state index in [9.17, 15) is 4.79 Å². The first kappa shape index (κ1) is 15.0. The van der Waals surface area contributed by atoms with E-state index in [0.717, 1.165) is 5.56 Å². The Kier molecular flexibility index (Phi) is 5.85. The Hall–Kier alpha value is -2.04. The van der Waals surface area contributed by atoms with Crippen LogP contribution in [0.1, 0.15) is 30.9 Å². The summed E-state index contributed by atoms with van der Waals surface area (Å²) in [5.74, 6) is -0.0636.